The maximum Gasteiger partial charge on any atom is 0.305 e. The molecule has 1 unspecified atom stereocenters. The van der Waals surface area contributed by atoms with Crippen molar-refractivity contribution in [3.05, 3.63) is 63.6 Å². The molecule has 0 fully saturated rings. The lowest BCUT2D eigenvalue weighted by Crippen LogP contribution is -2.18. The molecule has 0 heterocycles. The third kappa shape index (κ3) is 7.46. The van der Waals surface area contributed by atoms with E-state index in [0.29, 0.717) is 21.4 Å². The fraction of sp³-hybridized carbons (Fsp3) is 0.316. The Labute approximate surface area is 173 Å². The smallest absolute Gasteiger partial charge is 0.305 e. The van der Waals surface area contributed by atoms with Gasteiger partial charge in [-0.25, -0.2) is 0 Å². The first-order valence-electron chi connectivity index (χ1n) is 8.51. The maximum atomic E-state index is 12.3. The van der Waals surface area contributed by atoms with Crippen molar-refractivity contribution in [3.8, 4) is 5.75 Å². The highest BCUT2D eigenvalue weighted by Crippen LogP contribution is 2.44. The number of aliphatic hydroxyl groups excluding tert-OH is 1. The molecule has 0 radical (unpaired) electrons. The van der Waals surface area contributed by atoms with Crippen LogP contribution >= 0.6 is 30.6 Å². The van der Waals surface area contributed by atoms with Crippen LogP contribution in [0.4, 0.5) is 0 Å². The molecule has 3 N–H and O–H groups in total. The summed E-state index contributed by atoms with van der Waals surface area (Å²) >= 11 is 12.3. The van der Waals surface area contributed by atoms with Crippen LogP contribution in [-0.2, 0) is 22.4 Å². The quantitative estimate of drug-likeness (QED) is 0.472. The van der Waals surface area contributed by atoms with Gasteiger partial charge in [-0.3, -0.25) is 9.36 Å². The number of halogens is 2. The van der Waals surface area contributed by atoms with E-state index in [9.17, 15) is 19.4 Å². The minimum atomic E-state index is -3.76. The van der Waals surface area contributed by atoms with Crippen molar-refractivity contribution in [1.82, 2.24) is 0 Å². The van der Waals surface area contributed by atoms with E-state index in [1.54, 1.807) is 6.07 Å². The van der Waals surface area contributed by atoms with E-state index in [0.717, 1.165) is 5.56 Å². The Balaban J connectivity index is 2.09. The fourth-order valence-electron chi connectivity index (χ4n) is 2.66. The predicted molar refractivity (Wildman–Crippen MR) is 109 cm³/mol. The lowest BCUT2D eigenvalue weighted by Gasteiger charge is -2.17. The Hall–Kier alpha value is -1.56. The summed E-state index contributed by atoms with van der Waals surface area (Å²) in [5.74, 6) is -0.822. The van der Waals surface area contributed by atoms with Crippen molar-refractivity contribution in [2.75, 3.05) is 12.3 Å². The average molecular weight is 447 g/mol. The molecule has 2 rings (SSSR count). The number of aliphatic hydroxyl groups is 1. The van der Waals surface area contributed by atoms with Crippen molar-refractivity contribution in [3.63, 3.8) is 0 Å². The number of rotatable bonds is 10. The minimum absolute atomic E-state index is 0.119. The molecule has 2 atom stereocenters. The van der Waals surface area contributed by atoms with Crippen LogP contribution in [0.2, 0.25) is 10.0 Å². The molecule has 0 saturated heterocycles. The molecule has 0 saturated carbocycles. The van der Waals surface area contributed by atoms with Gasteiger partial charge in [0.25, 0.3) is 0 Å². The van der Waals surface area contributed by atoms with Gasteiger partial charge in [0, 0.05) is 21.8 Å². The fourth-order valence-corrected chi connectivity index (χ4v) is 4.77. The maximum absolute atomic E-state index is 12.3. The van der Waals surface area contributed by atoms with Crippen molar-refractivity contribution in [2.45, 2.75) is 25.6 Å². The largest absolute Gasteiger partial charge is 0.489 e. The standard InChI is InChI=1S/C19H21Cl2O6P/c20-14-8-17(21)16(6-7-28(25,26)12-15(22)10-19(23)24)18(9-14)27-11-13-4-2-1-3-5-13/h1-5,8-9,15,22H,6-7,10-12H2,(H,23,24)(H,25,26)/t15-/m0/s1. The van der Waals surface area contributed by atoms with E-state index in [1.165, 1.54) is 6.07 Å². The normalized spacial score (nSPS) is 14.3. The van der Waals surface area contributed by atoms with Crippen molar-refractivity contribution < 1.29 is 29.2 Å². The minimum Gasteiger partial charge on any atom is -0.489 e. The zero-order valence-corrected chi connectivity index (χ0v) is 17.3. The highest BCUT2D eigenvalue weighted by atomic mass is 35.5. The lowest BCUT2D eigenvalue weighted by molar-refractivity contribution is -0.138. The van der Waals surface area contributed by atoms with E-state index in [2.05, 4.69) is 0 Å². The number of hydrogen-bond donors (Lipinski definition) is 3. The van der Waals surface area contributed by atoms with Crippen LogP contribution in [0.15, 0.2) is 42.5 Å². The molecule has 0 bridgehead atoms. The van der Waals surface area contributed by atoms with Gasteiger partial charge in [-0.2, -0.15) is 0 Å². The van der Waals surface area contributed by atoms with Crippen LogP contribution in [0.25, 0.3) is 0 Å². The highest BCUT2D eigenvalue weighted by molar-refractivity contribution is 7.58. The zero-order valence-electron chi connectivity index (χ0n) is 14.9. The molecular weight excluding hydrogens is 426 g/mol. The molecule has 0 amide bonds. The second-order valence-corrected chi connectivity index (χ2v) is 9.74. The molecule has 152 valence electrons. The molecule has 0 aliphatic carbocycles. The van der Waals surface area contributed by atoms with Gasteiger partial charge >= 0.3 is 5.97 Å². The molecule has 6 nitrogen and oxygen atoms in total. The summed E-state index contributed by atoms with van der Waals surface area (Å²) in [4.78, 5) is 20.7. The summed E-state index contributed by atoms with van der Waals surface area (Å²) in [5.41, 5.74) is 1.47. The molecule has 0 aliphatic heterocycles. The summed E-state index contributed by atoms with van der Waals surface area (Å²) in [6.07, 6.45) is -2.52. The Kier molecular flexibility index (Phi) is 8.35. The second kappa shape index (κ2) is 10.3. The number of carboxylic acids is 1. The average Bonchev–Trinajstić information content (AvgIpc) is 2.58. The first kappa shape index (κ1) is 22.7. The third-order valence-corrected chi connectivity index (χ3v) is 6.44. The molecular formula is C19H21Cl2O6P. The monoisotopic (exact) mass is 446 g/mol. The third-order valence-electron chi connectivity index (χ3n) is 3.97. The summed E-state index contributed by atoms with van der Waals surface area (Å²) in [5, 5.41) is 19.0. The van der Waals surface area contributed by atoms with E-state index in [4.69, 9.17) is 33.0 Å². The van der Waals surface area contributed by atoms with E-state index < -0.39 is 32.0 Å². The van der Waals surface area contributed by atoms with Crippen molar-refractivity contribution in [2.24, 2.45) is 0 Å². The van der Waals surface area contributed by atoms with Gasteiger partial charge in [0.05, 0.1) is 18.7 Å². The Bertz CT molecular complexity index is 859. The zero-order chi connectivity index (χ0) is 20.7. The van der Waals surface area contributed by atoms with Crippen molar-refractivity contribution >= 4 is 36.5 Å². The number of hydrogen-bond acceptors (Lipinski definition) is 4. The van der Waals surface area contributed by atoms with E-state index in [-0.39, 0.29) is 19.2 Å². The van der Waals surface area contributed by atoms with Gasteiger partial charge < -0.3 is 19.8 Å². The van der Waals surface area contributed by atoms with Crippen LogP contribution in [0.3, 0.4) is 0 Å². The summed E-state index contributed by atoms with van der Waals surface area (Å²) in [6, 6.07) is 12.6. The number of carbonyl (C=O) groups is 1. The topological polar surface area (TPSA) is 104 Å². The van der Waals surface area contributed by atoms with Crippen molar-refractivity contribution in [1.29, 1.82) is 0 Å². The summed E-state index contributed by atoms with van der Waals surface area (Å²) in [6.45, 7) is 0.276. The SMILES string of the molecule is O=C(O)C[C@H](O)CP(=O)(O)CCc1c(Cl)cc(Cl)cc1OCc1ccccc1. The number of carboxylic acid groups (broad SMARTS) is 1. The van der Waals surface area contributed by atoms with E-state index in [1.807, 2.05) is 30.3 Å². The highest BCUT2D eigenvalue weighted by Gasteiger charge is 2.25. The molecule has 28 heavy (non-hydrogen) atoms. The second-order valence-electron chi connectivity index (χ2n) is 6.39. The Morgan fingerprint density at radius 1 is 1.18 bits per heavy atom. The molecule has 0 spiro atoms. The van der Waals surface area contributed by atoms with Gasteiger partial charge in [0.2, 0.25) is 7.37 Å². The van der Waals surface area contributed by atoms with Crippen LogP contribution in [-0.4, -0.2) is 39.5 Å². The molecule has 2 aromatic carbocycles. The summed E-state index contributed by atoms with van der Waals surface area (Å²) < 4.78 is 18.2. The lowest BCUT2D eigenvalue weighted by atomic mass is 10.1. The van der Waals surface area contributed by atoms with Crippen LogP contribution in [0.5, 0.6) is 5.75 Å². The Morgan fingerprint density at radius 3 is 2.50 bits per heavy atom. The number of benzene rings is 2. The van der Waals surface area contributed by atoms with Crippen LogP contribution < -0.4 is 4.74 Å². The molecule has 9 heteroatoms. The van der Waals surface area contributed by atoms with Crippen LogP contribution in [0.1, 0.15) is 17.5 Å². The van der Waals surface area contributed by atoms with Gasteiger partial charge in [0.1, 0.15) is 12.4 Å². The molecule has 0 aliphatic rings. The number of ether oxygens (including phenoxy) is 1. The van der Waals surface area contributed by atoms with Gasteiger partial charge in [0.15, 0.2) is 0 Å². The Morgan fingerprint density at radius 2 is 1.86 bits per heavy atom. The van der Waals surface area contributed by atoms with Gasteiger partial charge in [-0.05, 0) is 24.1 Å². The number of aliphatic carboxylic acids is 1. The predicted octanol–water partition coefficient (Wildman–Crippen LogP) is 4.22. The molecule has 2 aromatic rings. The summed E-state index contributed by atoms with van der Waals surface area (Å²) in [7, 11) is -3.76. The van der Waals surface area contributed by atoms with E-state index >= 15 is 0 Å². The van der Waals surface area contributed by atoms with Gasteiger partial charge in [-0.1, -0.05) is 53.5 Å². The molecule has 0 aromatic heterocycles. The first-order valence-corrected chi connectivity index (χ1v) is 11.3. The first-order chi connectivity index (χ1) is 13.2. The van der Waals surface area contributed by atoms with Gasteiger partial charge in [-0.15, -0.1) is 0 Å². The van der Waals surface area contributed by atoms with Crippen LogP contribution in [0, 0.1) is 0 Å².